The van der Waals surface area contributed by atoms with Gasteiger partial charge >= 0.3 is 0 Å². The molecule has 16 radical (unpaired) electrons. The average molecular weight is 451 g/mol. The lowest BCUT2D eigenvalue weighted by Gasteiger charge is -2.38. The molecule has 0 saturated carbocycles. The van der Waals surface area contributed by atoms with Crippen molar-refractivity contribution in [3.63, 3.8) is 0 Å². The third-order valence-electron chi connectivity index (χ3n) is 4.75. The van der Waals surface area contributed by atoms with Crippen molar-refractivity contribution in [2.24, 2.45) is 16.2 Å². The molecule has 18 heteroatoms. The van der Waals surface area contributed by atoms with Crippen molar-refractivity contribution >= 4 is 64.4 Å². The van der Waals surface area contributed by atoms with E-state index in [1.165, 1.54) is 0 Å². The van der Waals surface area contributed by atoms with Crippen LogP contribution in [0.1, 0.15) is 0 Å². The summed E-state index contributed by atoms with van der Waals surface area (Å²) in [6.07, 6.45) is 0. The van der Waals surface area contributed by atoms with Crippen LogP contribution >= 0.6 is 0 Å². The van der Waals surface area contributed by atoms with Crippen molar-refractivity contribution in [1.82, 2.24) is 0 Å². The maximum atomic E-state index is 5.86. The second-order valence-corrected chi connectivity index (χ2v) is 7.97. The summed E-state index contributed by atoms with van der Waals surface area (Å²) in [5.74, 6) is 0. The summed E-state index contributed by atoms with van der Waals surface area (Å²) in [4.78, 5) is 0. The van der Waals surface area contributed by atoms with Gasteiger partial charge in [-0.3, -0.25) is 0 Å². The highest BCUT2D eigenvalue weighted by Gasteiger charge is 2.37. The molecule has 0 aromatic heterocycles. The number of hydrogen-bond acceptors (Lipinski definition) is 10. The molecule has 0 saturated heterocycles. The van der Waals surface area contributed by atoms with Crippen molar-refractivity contribution in [2.75, 3.05) is 79.3 Å². The van der Waals surface area contributed by atoms with Gasteiger partial charge in [-0.1, -0.05) is 0 Å². The second kappa shape index (κ2) is 19.3. The molecule has 0 spiro atoms. The zero-order valence-corrected chi connectivity index (χ0v) is 18.7. The molecule has 0 aliphatic rings. The molecule has 0 unspecified atom stereocenters. The van der Waals surface area contributed by atoms with E-state index in [4.69, 9.17) is 111 Å². The van der Waals surface area contributed by atoms with Crippen molar-refractivity contribution < 1.29 is 46.7 Å². The van der Waals surface area contributed by atoms with Crippen molar-refractivity contribution in [2.45, 2.75) is 0 Å². The van der Waals surface area contributed by atoms with Gasteiger partial charge in [-0.2, -0.15) is 0 Å². The van der Waals surface area contributed by atoms with E-state index in [1.807, 2.05) is 0 Å². The van der Waals surface area contributed by atoms with E-state index in [0.717, 1.165) is 0 Å². The summed E-state index contributed by atoms with van der Waals surface area (Å²) in [7, 11) is 41.9. The SMILES string of the molecule is [B]OCC(CO[B])(CO[B])COCC(CO[B])(CO[B])COCC(CO[B])(CO[B])CO[B]. The van der Waals surface area contributed by atoms with E-state index in [1.54, 1.807) is 0 Å². The van der Waals surface area contributed by atoms with Crippen LogP contribution in [0.2, 0.25) is 0 Å². The predicted molar refractivity (Wildman–Crippen MR) is 123 cm³/mol. The molecule has 0 rings (SSSR count). The van der Waals surface area contributed by atoms with Crippen LogP contribution in [0.4, 0.5) is 0 Å². The first kappa shape index (κ1) is 33.1. The summed E-state index contributed by atoms with van der Waals surface area (Å²) in [6, 6.07) is 0. The molecule has 0 aliphatic carbocycles. The Hall–Kier alpha value is 0.119. The lowest BCUT2D eigenvalue weighted by atomic mass is 9.89. The quantitative estimate of drug-likeness (QED) is 0.140. The molecular weight excluding hydrogens is 427 g/mol. The fraction of sp³-hybridized carbons (Fsp3) is 1.00. The lowest BCUT2D eigenvalue weighted by Crippen LogP contribution is -2.47. The predicted octanol–water partition coefficient (Wildman–Crippen LogP) is -3.22. The molecule has 0 N–H and O–H groups in total. The minimum absolute atomic E-state index is 0.00400. The van der Waals surface area contributed by atoms with E-state index < -0.39 is 16.2 Å². The van der Waals surface area contributed by atoms with E-state index in [9.17, 15) is 0 Å². The second-order valence-electron chi connectivity index (χ2n) is 7.97. The van der Waals surface area contributed by atoms with Gasteiger partial charge in [0.1, 0.15) is 0 Å². The number of ether oxygens (including phenoxy) is 2. The highest BCUT2D eigenvalue weighted by Crippen LogP contribution is 2.26. The van der Waals surface area contributed by atoms with Gasteiger partial charge in [-0.05, 0) is 0 Å². The first-order valence-corrected chi connectivity index (χ1v) is 9.59. The van der Waals surface area contributed by atoms with E-state index in [-0.39, 0.29) is 79.3 Å². The van der Waals surface area contributed by atoms with Crippen LogP contribution in [0, 0.1) is 16.2 Å². The minimum Gasteiger partial charge on any atom is -0.447 e. The van der Waals surface area contributed by atoms with E-state index in [0.29, 0.717) is 0 Å². The zero-order valence-electron chi connectivity index (χ0n) is 18.7. The fourth-order valence-corrected chi connectivity index (χ4v) is 3.13. The van der Waals surface area contributed by atoms with Gasteiger partial charge in [-0.15, -0.1) is 0 Å². The normalized spacial score (nSPS) is 12.8. The van der Waals surface area contributed by atoms with Crippen LogP contribution in [0.5, 0.6) is 0 Å². The van der Waals surface area contributed by atoms with Gasteiger partial charge in [0, 0.05) is 52.9 Å². The number of hydrogen-bond donors (Lipinski definition) is 0. The maximum absolute atomic E-state index is 5.86. The molecule has 0 bridgehead atoms. The smallest absolute Gasteiger partial charge is 0.282 e. The van der Waals surface area contributed by atoms with Gasteiger partial charge in [0.15, 0.2) is 0 Å². The highest BCUT2D eigenvalue weighted by molar-refractivity contribution is 5.99. The molecule has 0 amide bonds. The third-order valence-corrected chi connectivity index (χ3v) is 4.75. The molecule has 0 heterocycles. The van der Waals surface area contributed by atoms with Crippen LogP contribution in [0.15, 0.2) is 0 Å². The summed E-state index contributed by atoms with van der Waals surface area (Å²) in [6.45, 7) is -0.192. The Balaban J connectivity index is 5.34. The van der Waals surface area contributed by atoms with Crippen molar-refractivity contribution in [3.8, 4) is 0 Å². The fourth-order valence-electron chi connectivity index (χ4n) is 3.13. The summed E-state index contributed by atoms with van der Waals surface area (Å²) < 4.78 is 49.8. The van der Waals surface area contributed by atoms with Crippen LogP contribution in [-0.4, -0.2) is 144 Å². The Morgan fingerprint density at radius 1 is 0.273 bits per heavy atom. The molecule has 10 nitrogen and oxygen atoms in total. The standard InChI is InChI=1S/C15H24B8O10/c16-26-5-13(6-27-17,1-24-3-14(7-28-18,8-29-19)9-30-20)2-25-4-15(10-31-21,11-32-22)12-33-23/h1-12H2. The van der Waals surface area contributed by atoms with Gasteiger partial charge in [0.25, 0.3) is 64.4 Å². The Kier molecular flexibility index (Phi) is 19.4. The molecule has 0 aliphatic heterocycles. The average Bonchev–Trinajstić information content (AvgIpc) is 2.75. The molecular formula is C15H24B8O10. The first-order chi connectivity index (χ1) is 15.9. The topological polar surface area (TPSA) is 92.3 Å². The van der Waals surface area contributed by atoms with Gasteiger partial charge < -0.3 is 46.7 Å². The largest absolute Gasteiger partial charge is 0.447 e. The Morgan fingerprint density at radius 3 is 0.576 bits per heavy atom. The van der Waals surface area contributed by atoms with Gasteiger partial charge in [-0.25, -0.2) is 0 Å². The first-order valence-electron chi connectivity index (χ1n) is 9.59. The Bertz CT molecular complexity index is 396. The summed E-state index contributed by atoms with van der Waals surface area (Å²) in [5, 5.41) is 0. The third kappa shape index (κ3) is 12.6. The zero-order chi connectivity index (χ0) is 25.1. The molecule has 33 heavy (non-hydrogen) atoms. The Labute approximate surface area is 206 Å². The van der Waals surface area contributed by atoms with Crippen LogP contribution in [0.3, 0.4) is 0 Å². The molecule has 0 aromatic carbocycles. The van der Waals surface area contributed by atoms with Crippen molar-refractivity contribution in [1.29, 1.82) is 0 Å². The van der Waals surface area contributed by atoms with E-state index >= 15 is 0 Å². The van der Waals surface area contributed by atoms with Gasteiger partial charge in [0.2, 0.25) is 0 Å². The minimum atomic E-state index is -0.950. The van der Waals surface area contributed by atoms with Crippen LogP contribution in [-0.2, 0) is 46.7 Å². The lowest BCUT2D eigenvalue weighted by molar-refractivity contribution is -0.114. The molecule has 168 valence electrons. The summed E-state index contributed by atoms with van der Waals surface area (Å²) in [5.41, 5.74) is -2.75. The molecule has 0 atom stereocenters. The monoisotopic (exact) mass is 452 g/mol. The maximum Gasteiger partial charge on any atom is 0.282 e. The highest BCUT2D eigenvalue weighted by atomic mass is 16.5. The summed E-state index contributed by atoms with van der Waals surface area (Å²) >= 11 is 0. The van der Waals surface area contributed by atoms with Crippen LogP contribution in [0.25, 0.3) is 0 Å². The molecule has 0 fully saturated rings. The molecule has 0 aromatic rings. The van der Waals surface area contributed by atoms with E-state index in [2.05, 4.69) is 0 Å². The van der Waals surface area contributed by atoms with Crippen LogP contribution < -0.4 is 0 Å². The Morgan fingerprint density at radius 2 is 0.424 bits per heavy atom. The van der Waals surface area contributed by atoms with Crippen molar-refractivity contribution in [3.05, 3.63) is 0 Å². The van der Waals surface area contributed by atoms with Gasteiger partial charge in [0.05, 0.1) is 42.7 Å². The number of rotatable bonds is 24.